The number of aromatic nitrogens is 1. The molecular weight excluding hydrogens is 287 g/mol. The van der Waals surface area contributed by atoms with Crippen molar-refractivity contribution < 1.29 is 22.7 Å². The summed E-state index contributed by atoms with van der Waals surface area (Å²) in [6.07, 6.45) is -3.10. The first-order chi connectivity index (χ1) is 9.97. The number of hydrogen-bond donors (Lipinski definition) is 1. The van der Waals surface area contributed by atoms with Gasteiger partial charge in [0.2, 0.25) is 5.91 Å². The lowest BCUT2D eigenvalue weighted by atomic mass is 10.2. The zero-order valence-electron chi connectivity index (χ0n) is 11.3. The molecule has 0 aliphatic carbocycles. The number of rotatable bonds is 4. The van der Waals surface area contributed by atoms with E-state index in [0.717, 1.165) is 18.3 Å². The van der Waals surface area contributed by atoms with Crippen LogP contribution in [-0.2, 0) is 15.7 Å². The lowest BCUT2D eigenvalue weighted by Gasteiger charge is -2.26. The van der Waals surface area contributed by atoms with Crippen molar-refractivity contribution in [2.24, 2.45) is 0 Å². The second-order valence-electron chi connectivity index (χ2n) is 4.60. The van der Waals surface area contributed by atoms with Crippen molar-refractivity contribution in [3.63, 3.8) is 0 Å². The Labute approximate surface area is 120 Å². The van der Waals surface area contributed by atoms with E-state index >= 15 is 0 Å². The van der Waals surface area contributed by atoms with Crippen LogP contribution >= 0.6 is 0 Å². The maximum Gasteiger partial charge on any atom is 0.416 e. The minimum Gasteiger partial charge on any atom is -0.378 e. The van der Waals surface area contributed by atoms with Gasteiger partial charge in [0.15, 0.2) is 0 Å². The zero-order chi connectivity index (χ0) is 15.3. The number of amides is 1. The minimum absolute atomic E-state index is 0.0437. The first-order valence-electron chi connectivity index (χ1n) is 6.59. The topological polar surface area (TPSA) is 54.5 Å². The molecule has 1 fully saturated rings. The molecule has 1 saturated heterocycles. The second-order valence-corrected chi connectivity index (χ2v) is 4.60. The van der Waals surface area contributed by atoms with E-state index in [2.05, 4.69) is 10.3 Å². The van der Waals surface area contributed by atoms with Crippen LogP contribution in [0.5, 0.6) is 0 Å². The van der Waals surface area contributed by atoms with E-state index in [1.165, 1.54) is 0 Å². The van der Waals surface area contributed by atoms with E-state index in [-0.39, 0.29) is 24.7 Å². The first-order valence-corrected chi connectivity index (χ1v) is 6.59. The van der Waals surface area contributed by atoms with Crippen molar-refractivity contribution in [3.8, 4) is 0 Å². The molecule has 0 aromatic carbocycles. The maximum atomic E-state index is 12.5. The van der Waals surface area contributed by atoms with Crippen LogP contribution in [0.1, 0.15) is 12.0 Å². The van der Waals surface area contributed by atoms with Crippen LogP contribution in [0.15, 0.2) is 18.3 Å². The molecule has 1 aliphatic rings. The highest BCUT2D eigenvalue weighted by Gasteiger charge is 2.30. The number of halogens is 3. The van der Waals surface area contributed by atoms with Crippen molar-refractivity contribution in [2.75, 3.05) is 38.2 Å². The van der Waals surface area contributed by atoms with Crippen LogP contribution in [0.2, 0.25) is 0 Å². The van der Waals surface area contributed by atoms with Crippen molar-refractivity contribution in [2.45, 2.75) is 12.6 Å². The summed E-state index contributed by atoms with van der Waals surface area (Å²) in [5.41, 5.74) is -0.764. The van der Waals surface area contributed by atoms with E-state index in [0.29, 0.717) is 26.3 Å². The molecule has 0 radical (unpaired) electrons. The lowest BCUT2D eigenvalue weighted by Crippen LogP contribution is -2.41. The average Bonchev–Trinajstić information content (AvgIpc) is 2.47. The summed E-state index contributed by atoms with van der Waals surface area (Å²) < 4.78 is 42.7. The largest absolute Gasteiger partial charge is 0.416 e. The highest BCUT2D eigenvalue weighted by molar-refractivity contribution is 5.76. The molecule has 21 heavy (non-hydrogen) atoms. The molecule has 0 atom stereocenters. The highest BCUT2D eigenvalue weighted by Crippen LogP contribution is 2.29. The van der Waals surface area contributed by atoms with E-state index in [1.807, 2.05) is 0 Å². The Kier molecular flexibility index (Phi) is 5.00. The Morgan fingerprint density at radius 2 is 2.10 bits per heavy atom. The quantitative estimate of drug-likeness (QED) is 0.921. The van der Waals surface area contributed by atoms with Gasteiger partial charge in [-0.15, -0.1) is 0 Å². The van der Waals surface area contributed by atoms with Crippen molar-refractivity contribution in [1.29, 1.82) is 0 Å². The van der Waals surface area contributed by atoms with Gasteiger partial charge in [0.1, 0.15) is 5.82 Å². The molecule has 1 aliphatic heterocycles. The molecule has 1 N–H and O–H groups in total. The standard InChI is InChI=1S/C13H16F3N3O2/c14-13(15,16)10-1-3-17-11(9-10)18-4-2-12(20)19-5-7-21-8-6-19/h1,3,9H,2,4-8H2,(H,17,18). The smallest absolute Gasteiger partial charge is 0.378 e. The van der Waals surface area contributed by atoms with Gasteiger partial charge in [-0.2, -0.15) is 13.2 Å². The highest BCUT2D eigenvalue weighted by atomic mass is 19.4. The summed E-state index contributed by atoms with van der Waals surface area (Å²) in [6.45, 7) is 2.40. The van der Waals surface area contributed by atoms with Gasteiger partial charge in [0.25, 0.3) is 0 Å². The molecular formula is C13H16F3N3O2. The molecule has 2 heterocycles. The number of pyridine rings is 1. The first kappa shape index (κ1) is 15.6. The van der Waals surface area contributed by atoms with E-state index in [4.69, 9.17) is 4.74 Å². The fourth-order valence-corrected chi connectivity index (χ4v) is 1.97. The molecule has 1 aromatic rings. The summed E-state index contributed by atoms with van der Waals surface area (Å²) >= 11 is 0. The van der Waals surface area contributed by atoms with Gasteiger partial charge >= 0.3 is 6.18 Å². The number of alkyl halides is 3. The predicted octanol–water partition coefficient (Wildman–Crippen LogP) is 1.76. The van der Waals surface area contributed by atoms with E-state index in [1.54, 1.807) is 4.90 Å². The Morgan fingerprint density at radius 1 is 1.38 bits per heavy atom. The number of anilines is 1. The number of ether oxygens (including phenoxy) is 1. The maximum absolute atomic E-state index is 12.5. The van der Waals surface area contributed by atoms with Crippen molar-refractivity contribution in [3.05, 3.63) is 23.9 Å². The van der Waals surface area contributed by atoms with Gasteiger partial charge in [-0.3, -0.25) is 4.79 Å². The average molecular weight is 303 g/mol. The molecule has 0 spiro atoms. The SMILES string of the molecule is O=C(CCNc1cc(C(F)(F)F)ccn1)N1CCOCC1. The van der Waals surface area contributed by atoms with Crippen LogP contribution in [0, 0.1) is 0 Å². The Bertz CT molecular complexity index is 488. The van der Waals surface area contributed by atoms with Crippen LogP contribution in [0.25, 0.3) is 0 Å². The monoisotopic (exact) mass is 303 g/mol. The van der Waals surface area contributed by atoms with Crippen LogP contribution in [0.3, 0.4) is 0 Å². The molecule has 5 nitrogen and oxygen atoms in total. The predicted molar refractivity (Wildman–Crippen MR) is 69.7 cm³/mol. The number of morpholine rings is 1. The van der Waals surface area contributed by atoms with Gasteiger partial charge in [0, 0.05) is 32.3 Å². The van der Waals surface area contributed by atoms with E-state index < -0.39 is 11.7 Å². The third kappa shape index (κ3) is 4.59. The summed E-state index contributed by atoms with van der Waals surface area (Å²) in [4.78, 5) is 17.3. The van der Waals surface area contributed by atoms with E-state index in [9.17, 15) is 18.0 Å². The fraction of sp³-hybridized carbons (Fsp3) is 0.538. The van der Waals surface area contributed by atoms with Crippen molar-refractivity contribution in [1.82, 2.24) is 9.88 Å². The number of hydrogen-bond acceptors (Lipinski definition) is 4. The molecule has 0 saturated carbocycles. The molecule has 116 valence electrons. The van der Waals surface area contributed by atoms with Gasteiger partial charge in [-0.05, 0) is 12.1 Å². The summed E-state index contributed by atoms with van der Waals surface area (Å²) in [5.74, 6) is 0.0670. The zero-order valence-corrected chi connectivity index (χ0v) is 11.3. The van der Waals surface area contributed by atoms with Crippen molar-refractivity contribution >= 4 is 11.7 Å². The third-order valence-electron chi connectivity index (χ3n) is 3.10. The second kappa shape index (κ2) is 6.75. The Balaban J connectivity index is 1.82. The lowest BCUT2D eigenvalue weighted by molar-refractivity contribution is -0.137. The molecule has 0 unspecified atom stereocenters. The van der Waals surface area contributed by atoms with Gasteiger partial charge in [0.05, 0.1) is 18.8 Å². The number of nitrogens with one attached hydrogen (secondary N) is 1. The summed E-state index contributed by atoms with van der Waals surface area (Å²) in [5, 5.41) is 2.74. The molecule has 1 aromatic heterocycles. The Morgan fingerprint density at radius 3 is 2.76 bits per heavy atom. The summed E-state index contributed by atoms with van der Waals surface area (Å²) in [7, 11) is 0. The molecule has 8 heteroatoms. The number of carbonyl (C=O) groups is 1. The van der Waals surface area contributed by atoms with Gasteiger partial charge in [-0.1, -0.05) is 0 Å². The number of nitrogens with zero attached hydrogens (tertiary/aromatic N) is 2. The van der Waals surface area contributed by atoms with Crippen LogP contribution in [-0.4, -0.2) is 48.6 Å². The molecule has 0 bridgehead atoms. The normalized spacial score (nSPS) is 15.9. The molecule has 2 rings (SSSR count). The van der Waals surface area contributed by atoms with Crippen LogP contribution < -0.4 is 5.32 Å². The Hall–Kier alpha value is -1.83. The molecule has 1 amide bonds. The number of carbonyl (C=O) groups excluding carboxylic acids is 1. The third-order valence-corrected chi connectivity index (χ3v) is 3.10. The van der Waals surface area contributed by atoms with Crippen LogP contribution in [0.4, 0.5) is 19.0 Å². The van der Waals surface area contributed by atoms with Gasteiger partial charge in [-0.25, -0.2) is 4.98 Å². The fourth-order valence-electron chi connectivity index (χ4n) is 1.97. The van der Waals surface area contributed by atoms with Gasteiger partial charge < -0.3 is 15.0 Å². The minimum atomic E-state index is -4.40. The summed E-state index contributed by atoms with van der Waals surface area (Å²) in [6, 6.07) is 1.84.